The first-order valence-electron chi connectivity index (χ1n) is 7.41. The van der Waals surface area contributed by atoms with E-state index in [0.29, 0.717) is 27.8 Å². The fourth-order valence-electron chi connectivity index (χ4n) is 2.25. The molecule has 0 aliphatic heterocycles. The van der Waals surface area contributed by atoms with Gasteiger partial charge < -0.3 is 9.47 Å². The lowest BCUT2D eigenvalue weighted by molar-refractivity contribution is 0.102. The molecular weight excluding hydrogens is 328 g/mol. The van der Waals surface area contributed by atoms with Crippen LogP contribution in [-0.4, -0.2) is 34.9 Å². The lowest BCUT2D eigenvalue weighted by atomic mass is 10.3. The summed E-state index contributed by atoms with van der Waals surface area (Å²) in [4.78, 5) is 16.8. The third kappa shape index (κ3) is 2.92. The van der Waals surface area contributed by atoms with E-state index in [1.54, 1.807) is 37.2 Å². The molecule has 0 fully saturated rings. The average Bonchev–Trinajstić information content (AvgIpc) is 3.20. The van der Waals surface area contributed by atoms with Gasteiger partial charge in [-0.3, -0.25) is 14.8 Å². The van der Waals surface area contributed by atoms with Crippen molar-refractivity contribution in [3.05, 3.63) is 30.1 Å². The highest BCUT2D eigenvalue weighted by atomic mass is 32.1. The summed E-state index contributed by atoms with van der Waals surface area (Å²) >= 11 is 1.33. The topological polar surface area (TPSA) is 78.3 Å². The number of rotatable bonds is 5. The Morgan fingerprint density at radius 1 is 1.21 bits per heavy atom. The molecule has 7 nitrogen and oxygen atoms in total. The van der Waals surface area contributed by atoms with Gasteiger partial charge in [-0.2, -0.15) is 5.10 Å². The van der Waals surface area contributed by atoms with Crippen molar-refractivity contribution in [3.8, 4) is 11.5 Å². The number of hydrogen-bond donors (Lipinski definition) is 1. The predicted octanol–water partition coefficient (Wildman–Crippen LogP) is 3.34. The summed E-state index contributed by atoms with van der Waals surface area (Å²) in [5.41, 5.74) is 1.01. The van der Waals surface area contributed by atoms with E-state index in [4.69, 9.17) is 9.47 Å². The fourth-order valence-corrected chi connectivity index (χ4v) is 3.22. The Balaban J connectivity index is 1.90. The lowest BCUT2D eigenvalue weighted by Crippen LogP contribution is -2.13. The SMILES string of the molecule is COc1ccc(OC)c2sc(NC(=O)c3ccn(C(C)C)n3)nc12. The second kappa shape index (κ2) is 6.48. The summed E-state index contributed by atoms with van der Waals surface area (Å²) in [6.07, 6.45) is 1.78. The molecule has 3 aromatic rings. The number of carbonyl (C=O) groups excluding carboxylic acids is 1. The molecule has 0 aliphatic rings. The number of nitrogens with one attached hydrogen (secondary N) is 1. The van der Waals surface area contributed by atoms with E-state index < -0.39 is 0 Å². The quantitative estimate of drug-likeness (QED) is 0.766. The minimum atomic E-state index is -0.300. The smallest absolute Gasteiger partial charge is 0.277 e. The molecule has 126 valence electrons. The largest absolute Gasteiger partial charge is 0.495 e. The molecule has 0 radical (unpaired) electrons. The Labute approximate surface area is 143 Å². The number of fused-ring (bicyclic) bond motifs is 1. The summed E-state index contributed by atoms with van der Waals surface area (Å²) < 4.78 is 13.2. The van der Waals surface area contributed by atoms with Gasteiger partial charge in [-0.1, -0.05) is 11.3 Å². The minimum Gasteiger partial charge on any atom is -0.495 e. The molecule has 0 spiro atoms. The molecule has 2 aromatic heterocycles. The van der Waals surface area contributed by atoms with E-state index in [-0.39, 0.29) is 11.9 Å². The monoisotopic (exact) mass is 346 g/mol. The number of ether oxygens (including phenoxy) is 2. The van der Waals surface area contributed by atoms with E-state index >= 15 is 0 Å². The molecular formula is C16H18N4O3S. The van der Waals surface area contributed by atoms with Gasteiger partial charge in [-0.25, -0.2) is 4.98 Å². The number of thiazole rings is 1. The number of hydrogen-bond acceptors (Lipinski definition) is 6. The number of nitrogens with zero attached hydrogens (tertiary/aromatic N) is 3. The number of anilines is 1. The molecule has 0 saturated carbocycles. The first-order chi connectivity index (χ1) is 11.5. The summed E-state index contributed by atoms with van der Waals surface area (Å²) in [7, 11) is 3.18. The highest BCUT2D eigenvalue weighted by Gasteiger charge is 2.17. The van der Waals surface area contributed by atoms with Crippen LogP contribution in [0.4, 0.5) is 5.13 Å². The van der Waals surface area contributed by atoms with E-state index in [1.807, 2.05) is 19.9 Å². The first-order valence-corrected chi connectivity index (χ1v) is 8.23. The molecule has 1 N–H and O–H groups in total. The average molecular weight is 346 g/mol. The summed E-state index contributed by atoms with van der Waals surface area (Å²) in [5, 5.41) is 7.51. The van der Waals surface area contributed by atoms with Crippen molar-refractivity contribution in [2.45, 2.75) is 19.9 Å². The number of methoxy groups -OCH3 is 2. The number of carbonyl (C=O) groups is 1. The standard InChI is InChI=1S/C16H18N4O3S/c1-9(2)20-8-7-10(19-20)15(21)18-16-17-13-11(22-3)5-6-12(23-4)14(13)24-16/h5-9H,1-4H3,(H,17,18,21). The normalized spacial score (nSPS) is 11.0. The fraction of sp³-hybridized carbons (Fsp3) is 0.312. The Morgan fingerprint density at radius 2 is 1.92 bits per heavy atom. The van der Waals surface area contributed by atoms with E-state index in [0.717, 1.165) is 4.70 Å². The van der Waals surface area contributed by atoms with E-state index in [9.17, 15) is 4.79 Å². The first kappa shape index (κ1) is 16.3. The van der Waals surface area contributed by atoms with Crippen molar-refractivity contribution in [3.63, 3.8) is 0 Å². The van der Waals surface area contributed by atoms with Gasteiger partial charge in [0.05, 0.1) is 14.2 Å². The highest BCUT2D eigenvalue weighted by molar-refractivity contribution is 7.22. The minimum absolute atomic E-state index is 0.197. The van der Waals surface area contributed by atoms with Gasteiger partial charge >= 0.3 is 0 Å². The molecule has 1 amide bonds. The van der Waals surface area contributed by atoms with Crippen LogP contribution < -0.4 is 14.8 Å². The van der Waals surface area contributed by atoms with Crippen molar-refractivity contribution in [2.24, 2.45) is 0 Å². The van der Waals surface area contributed by atoms with Crippen molar-refractivity contribution in [1.29, 1.82) is 0 Å². The van der Waals surface area contributed by atoms with Crippen LogP contribution >= 0.6 is 11.3 Å². The van der Waals surface area contributed by atoms with Crippen LogP contribution in [0.15, 0.2) is 24.4 Å². The lowest BCUT2D eigenvalue weighted by Gasteiger charge is -2.03. The summed E-state index contributed by atoms with van der Waals surface area (Å²) in [6.45, 7) is 4.00. The van der Waals surface area contributed by atoms with Gasteiger partial charge in [0.15, 0.2) is 10.8 Å². The van der Waals surface area contributed by atoms with Crippen LogP contribution in [-0.2, 0) is 0 Å². The zero-order valence-corrected chi connectivity index (χ0v) is 14.7. The zero-order valence-electron chi connectivity index (χ0n) is 13.9. The van der Waals surface area contributed by atoms with Crippen LogP contribution in [0.1, 0.15) is 30.4 Å². The second-order valence-electron chi connectivity index (χ2n) is 5.40. The molecule has 0 saturated heterocycles. The molecule has 0 bridgehead atoms. The number of benzene rings is 1. The Kier molecular flexibility index (Phi) is 4.39. The van der Waals surface area contributed by atoms with Crippen molar-refractivity contribution in [2.75, 3.05) is 19.5 Å². The zero-order chi connectivity index (χ0) is 17.3. The maximum Gasteiger partial charge on any atom is 0.277 e. The van der Waals surface area contributed by atoms with Crippen molar-refractivity contribution >= 4 is 32.6 Å². The molecule has 1 aromatic carbocycles. The van der Waals surface area contributed by atoms with E-state index in [1.165, 1.54) is 11.3 Å². The van der Waals surface area contributed by atoms with Crippen LogP contribution in [0, 0.1) is 0 Å². The van der Waals surface area contributed by atoms with Gasteiger partial charge in [0, 0.05) is 12.2 Å². The van der Waals surface area contributed by atoms with Crippen LogP contribution in [0.5, 0.6) is 11.5 Å². The van der Waals surface area contributed by atoms with Crippen LogP contribution in [0.25, 0.3) is 10.2 Å². The number of aromatic nitrogens is 3. The van der Waals surface area contributed by atoms with Crippen molar-refractivity contribution < 1.29 is 14.3 Å². The van der Waals surface area contributed by atoms with Gasteiger partial charge in [0.25, 0.3) is 5.91 Å². The maximum atomic E-state index is 12.4. The van der Waals surface area contributed by atoms with Gasteiger partial charge in [-0.15, -0.1) is 0 Å². The van der Waals surface area contributed by atoms with Crippen LogP contribution in [0.3, 0.4) is 0 Å². The molecule has 8 heteroatoms. The summed E-state index contributed by atoms with van der Waals surface area (Å²) in [6, 6.07) is 5.48. The molecule has 2 heterocycles. The van der Waals surface area contributed by atoms with Crippen molar-refractivity contribution in [1.82, 2.24) is 14.8 Å². The number of amides is 1. The van der Waals surface area contributed by atoms with Gasteiger partial charge in [0.1, 0.15) is 21.7 Å². The maximum absolute atomic E-state index is 12.4. The molecule has 24 heavy (non-hydrogen) atoms. The summed E-state index contributed by atoms with van der Waals surface area (Å²) in [5.74, 6) is 1.02. The van der Waals surface area contributed by atoms with Crippen LogP contribution in [0.2, 0.25) is 0 Å². The van der Waals surface area contributed by atoms with Gasteiger partial charge in [-0.05, 0) is 32.0 Å². The molecule has 0 aliphatic carbocycles. The molecule has 0 atom stereocenters. The third-order valence-electron chi connectivity index (χ3n) is 3.50. The Morgan fingerprint density at radius 3 is 2.54 bits per heavy atom. The predicted molar refractivity (Wildman–Crippen MR) is 93.3 cm³/mol. The molecule has 0 unspecified atom stereocenters. The van der Waals surface area contributed by atoms with Gasteiger partial charge in [0.2, 0.25) is 0 Å². The highest BCUT2D eigenvalue weighted by Crippen LogP contribution is 2.38. The Hall–Kier alpha value is -2.61. The molecule has 3 rings (SSSR count). The Bertz CT molecular complexity index is 844. The second-order valence-corrected chi connectivity index (χ2v) is 6.39. The van der Waals surface area contributed by atoms with E-state index in [2.05, 4.69) is 15.4 Å². The third-order valence-corrected chi connectivity index (χ3v) is 4.49.